The maximum absolute atomic E-state index is 2.53. The Balaban J connectivity index is 1.14. The Morgan fingerprint density at radius 1 is 0.262 bits per heavy atom. The van der Waals surface area contributed by atoms with Crippen molar-refractivity contribution in [3.05, 3.63) is 282 Å². The monoisotopic (exact) mass is 829 g/mol. The largest absolute Gasteiger partial charge is 0.309 e. The van der Waals surface area contributed by atoms with Gasteiger partial charge in [-0.25, -0.2) is 0 Å². The first-order chi connectivity index (χ1) is 32.0. The smallest absolute Gasteiger partial charge is 0.0720 e. The number of rotatable bonds is 7. The van der Waals surface area contributed by atoms with Gasteiger partial charge in [0.25, 0.3) is 0 Å². The van der Waals surface area contributed by atoms with Crippen molar-refractivity contribution in [3.8, 4) is 55.6 Å². The first-order valence-electron chi connectivity index (χ1n) is 22.8. The highest BCUT2D eigenvalue weighted by molar-refractivity contribution is 6.02. The molecule has 1 spiro atoms. The lowest BCUT2D eigenvalue weighted by Gasteiger charge is -2.46. The number of nitrogens with zero attached hydrogens (tertiary/aromatic N) is 1. The van der Waals surface area contributed by atoms with Crippen molar-refractivity contribution in [3.63, 3.8) is 0 Å². The van der Waals surface area contributed by atoms with E-state index in [1.165, 1.54) is 83.5 Å². The molecule has 10 aromatic rings. The number of hydrogen-bond acceptors (Lipinski definition) is 1. The van der Waals surface area contributed by atoms with Gasteiger partial charge in [0.2, 0.25) is 0 Å². The summed E-state index contributed by atoms with van der Waals surface area (Å²) in [5.41, 5.74) is 22.8. The average molecular weight is 830 g/mol. The van der Waals surface area contributed by atoms with Crippen LogP contribution >= 0.6 is 0 Å². The van der Waals surface area contributed by atoms with Crippen LogP contribution in [0.3, 0.4) is 0 Å². The summed E-state index contributed by atoms with van der Waals surface area (Å²) in [6.07, 6.45) is 0. The van der Waals surface area contributed by atoms with Gasteiger partial charge in [-0.15, -0.1) is 0 Å². The van der Waals surface area contributed by atoms with E-state index in [4.69, 9.17) is 0 Å². The van der Waals surface area contributed by atoms with Crippen LogP contribution in [-0.4, -0.2) is 0 Å². The van der Waals surface area contributed by atoms with E-state index in [1.807, 2.05) is 0 Å². The molecular formula is C64H47N. The van der Waals surface area contributed by atoms with E-state index < -0.39 is 5.41 Å². The summed E-state index contributed by atoms with van der Waals surface area (Å²) in [4.78, 5) is 2.53. The molecule has 0 saturated carbocycles. The summed E-state index contributed by atoms with van der Waals surface area (Å²) in [5, 5.41) is 0. The first-order valence-corrected chi connectivity index (χ1v) is 22.8. The molecule has 0 radical (unpaired) electrons. The molecule has 1 heteroatoms. The summed E-state index contributed by atoms with van der Waals surface area (Å²) in [6.45, 7) is 4.78. The van der Waals surface area contributed by atoms with Crippen molar-refractivity contribution in [2.24, 2.45) is 0 Å². The highest BCUT2D eigenvalue weighted by atomic mass is 15.1. The van der Waals surface area contributed by atoms with Crippen LogP contribution in [0.2, 0.25) is 0 Å². The highest BCUT2D eigenvalue weighted by Gasteiger charge is 2.54. The third-order valence-corrected chi connectivity index (χ3v) is 14.2. The zero-order valence-corrected chi connectivity index (χ0v) is 36.6. The van der Waals surface area contributed by atoms with Gasteiger partial charge in [0.15, 0.2) is 0 Å². The Hall–Kier alpha value is -8.00. The van der Waals surface area contributed by atoms with Crippen molar-refractivity contribution in [2.45, 2.75) is 24.7 Å². The molecule has 0 atom stereocenters. The van der Waals surface area contributed by atoms with Gasteiger partial charge < -0.3 is 4.90 Å². The molecule has 0 N–H and O–H groups in total. The molecule has 0 unspecified atom stereocenters. The number of para-hydroxylation sites is 1. The Morgan fingerprint density at radius 2 is 0.662 bits per heavy atom. The van der Waals surface area contributed by atoms with E-state index in [-0.39, 0.29) is 5.41 Å². The zero-order chi connectivity index (χ0) is 43.5. The molecule has 0 amide bonds. The third kappa shape index (κ3) is 5.93. The van der Waals surface area contributed by atoms with Crippen molar-refractivity contribution in [2.75, 3.05) is 4.90 Å². The van der Waals surface area contributed by atoms with Crippen LogP contribution in [0.5, 0.6) is 0 Å². The third-order valence-electron chi connectivity index (χ3n) is 14.2. The lowest BCUT2D eigenvalue weighted by Crippen LogP contribution is -2.40. The minimum Gasteiger partial charge on any atom is -0.309 e. The summed E-state index contributed by atoms with van der Waals surface area (Å²) in [5.74, 6) is 0. The van der Waals surface area contributed by atoms with Crippen LogP contribution in [0.4, 0.5) is 17.1 Å². The molecule has 12 rings (SSSR count). The Labute approximate surface area is 382 Å². The van der Waals surface area contributed by atoms with E-state index >= 15 is 0 Å². The fourth-order valence-corrected chi connectivity index (χ4v) is 11.4. The molecule has 2 aliphatic rings. The van der Waals surface area contributed by atoms with Crippen molar-refractivity contribution in [1.29, 1.82) is 0 Å². The predicted molar refractivity (Wildman–Crippen MR) is 272 cm³/mol. The number of fused-ring (bicyclic) bond motifs is 9. The van der Waals surface area contributed by atoms with Gasteiger partial charge in [0.05, 0.1) is 16.8 Å². The van der Waals surface area contributed by atoms with E-state index in [0.717, 1.165) is 22.6 Å². The second-order valence-corrected chi connectivity index (χ2v) is 17.9. The summed E-state index contributed by atoms with van der Waals surface area (Å²) in [6, 6.07) is 92.0. The second kappa shape index (κ2) is 15.4. The minimum atomic E-state index is -0.513. The summed E-state index contributed by atoms with van der Waals surface area (Å²) in [7, 11) is 0. The lowest BCUT2D eigenvalue weighted by atomic mass is 9.55. The quantitative estimate of drug-likeness (QED) is 0.155. The standard InChI is InChI=1S/C64H47N/c1-63(2)55-33-16-18-35-57(55)64(58-36-19-17-34-56(58)63)54-32-15-13-31-53(54)62-59(64)37-21-39-61(62)65(47-42-40-45(41-43-47)44-22-5-3-6-23-44)60-38-20-14-30-52(60)51-29-12-11-28-50(51)49-27-10-9-26-48(49)46-24-7-4-8-25-46/h3-43H,1-2H3. The summed E-state index contributed by atoms with van der Waals surface area (Å²) < 4.78 is 0. The number of benzene rings is 10. The van der Waals surface area contributed by atoms with Crippen LogP contribution in [0.25, 0.3) is 55.6 Å². The van der Waals surface area contributed by atoms with Gasteiger partial charge in [0, 0.05) is 22.2 Å². The van der Waals surface area contributed by atoms with Crippen LogP contribution in [0.15, 0.2) is 249 Å². The molecule has 0 bridgehead atoms. The molecule has 10 aromatic carbocycles. The normalized spacial score (nSPS) is 13.6. The van der Waals surface area contributed by atoms with Crippen LogP contribution in [0.1, 0.15) is 47.2 Å². The molecule has 0 fully saturated rings. The number of anilines is 3. The van der Waals surface area contributed by atoms with Crippen LogP contribution in [0, 0.1) is 0 Å². The Bertz CT molecular complexity index is 3350. The molecule has 0 aromatic heterocycles. The molecule has 0 saturated heterocycles. The zero-order valence-electron chi connectivity index (χ0n) is 36.6. The number of hydrogen-bond donors (Lipinski definition) is 0. The van der Waals surface area contributed by atoms with E-state index in [9.17, 15) is 0 Å². The maximum atomic E-state index is 2.53. The Morgan fingerprint density at radius 3 is 1.28 bits per heavy atom. The van der Waals surface area contributed by atoms with E-state index in [1.54, 1.807) is 0 Å². The van der Waals surface area contributed by atoms with Crippen LogP contribution in [-0.2, 0) is 10.8 Å². The van der Waals surface area contributed by atoms with Gasteiger partial charge in [-0.05, 0) is 102 Å². The molecular weight excluding hydrogens is 783 g/mol. The Kier molecular flexibility index (Phi) is 9.14. The average Bonchev–Trinajstić information content (AvgIpc) is 3.68. The van der Waals surface area contributed by atoms with Crippen molar-refractivity contribution >= 4 is 17.1 Å². The van der Waals surface area contributed by atoms with E-state index in [2.05, 4.69) is 267 Å². The highest BCUT2D eigenvalue weighted by Crippen LogP contribution is 2.64. The van der Waals surface area contributed by atoms with E-state index in [0.29, 0.717) is 0 Å². The SMILES string of the molecule is CC1(C)c2ccccc2C2(c3ccccc3-c3c(N(c4ccc(-c5ccccc5)cc4)c4ccccc4-c4ccccc4-c4ccccc4-c4ccccc4)cccc32)c2ccccc21. The second-order valence-electron chi connectivity index (χ2n) is 17.9. The molecule has 0 heterocycles. The van der Waals surface area contributed by atoms with Gasteiger partial charge in [-0.2, -0.15) is 0 Å². The van der Waals surface area contributed by atoms with Crippen LogP contribution < -0.4 is 4.90 Å². The van der Waals surface area contributed by atoms with Crippen molar-refractivity contribution in [1.82, 2.24) is 0 Å². The van der Waals surface area contributed by atoms with Gasteiger partial charge >= 0.3 is 0 Å². The molecule has 0 aliphatic heterocycles. The minimum absolute atomic E-state index is 0.175. The molecule has 308 valence electrons. The lowest BCUT2D eigenvalue weighted by molar-refractivity contribution is 0.563. The molecule has 65 heavy (non-hydrogen) atoms. The topological polar surface area (TPSA) is 3.24 Å². The predicted octanol–water partition coefficient (Wildman–Crippen LogP) is 16.8. The van der Waals surface area contributed by atoms with Gasteiger partial charge in [-0.3, -0.25) is 0 Å². The summed E-state index contributed by atoms with van der Waals surface area (Å²) >= 11 is 0. The fraction of sp³-hybridized carbons (Fsp3) is 0.0625. The fourth-order valence-electron chi connectivity index (χ4n) is 11.4. The van der Waals surface area contributed by atoms with Gasteiger partial charge in [-0.1, -0.05) is 238 Å². The molecule has 1 nitrogen and oxygen atoms in total. The first kappa shape index (κ1) is 38.7. The molecule has 2 aliphatic carbocycles. The van der Waals surface area contributed by atoms with Gasteiger partial charge in [0.1, 0.15) is 0 Å². The van der Waals surface area contributed by atoms with Crippen molar-refractivity contribution < 1.29 is 0 Å². The maximum Gasteiger partial charge on any atom is 0.0720 e.